The van der Waals surface area contributed by atoms with Crippen molar-refractivity contribution < 1.29 is 14.3 Å². The van der Waals surface area contributed by atoms with E-state index in [1.54, 1.807) is 6.20 Å². The first-order valence-electron chi connectivity index (χ1n) is 8.81. The van der Waals surface area contributed by atoms with Crippen LogP contribution < -0.4 is 5.32 Å². The van der Waals surface area contributed by atoms with E-state index >= 15 is 0 Å². The second-order valence-corrected chi connectivity index (χ2v) is 6.62. The minimum atomic E-state index is -0.320. The highest BCUT2D eigenvalue weighted by Crippen LogP contribution is 2.37. The summed E-state index contributed by atoms with van der Waals surface area (Å²) in [5.41, 5.74) is 6.63. The number of rotatable bonds is 2. The number of aromatic amines is 1. The molecule has 3 aromatic rings. The van der Waals surface area contributed by atoms with Gasteiger partial charge in [0.1, 0.15) is 0 Å². The number of esters is 1. The molecular weight excluding hydrogens is 340 g/mol. The van der Waals surface area contributed by atoms with Crippen LogP contribution in [0.15, 0.2) is 54.7 Å². The Morgan fingerprint density at radius 3 is 2.67 bits per heavy atom. The molecule has 0 bridgehead atoms. The van der Waals surface area contributed by atoms with Gasteiger partial charge in [0.05, 0.1) is 17.7 Å². The van der Waals surface area contributed by atoms with Crippen LogP contribution in [0.3, 0.4) is 0 Å². The first-order chi connectivity index (χ1) is 13.2. The number of ether oxygens (including phenoxy) is 1. The molecule has 3 heterocycles. The second-order valence-electron chi connectivity index (χ2n) is 6.62. The van der Waals surface area contributed by atoms with Crippen molar-refractivity contribution in [1.82, 2.24) is 4.98 Å². The number of cyclic esters (lactones) is 1. The molecule has 0 saturated carbocycles. The van der Waals surface area contributed by atoms with E-state index in [0.717, 1.165) is 33.6 Å². The predicted octanol–water partition coefficient (Wildman–Crippen LogP) is 3.89. The van der Waals surface area contributed by atoms with Gasteiger partial charge in [0.25, 0.3) is 5.91 Å². The zero-order chi connectivity index (χ0) is 18.4. The van der Waals surface area contributed by atoms with Crippen molar-refractivity contribution in [1.29, 1.82) is 0 Å². The molecular formula is C22H16N2O3. The fourth-order valence-corrected chi connectivity index (χ4v) is 3.66. The average molecular weight is 356 g/mol. The standard InChI is InChI=1S/C22H16N2O3/c25-21-17(11-20-15-8-9-27-22(26)18(15)12-23-20)16-10-14(6-7-19(16)24-21)13-4-2-1-3-5-13/h1-7,10-12,23H,8-9H2,(H,24,25)/b17-11-. The quantitative estimate of drug-likeness (QED) is 0.541. The van der Waals surface area contributed by atoms with E-state index in [1.807, 2.05) is 54.6 Å². The van der Waals surface area contributed by atoms with E-state index in [4.69, 9.17) is 4.74 Å². The maximum atomic E-state index is 12.6. The molecule has 1 amide bonds. The van der Waals surface area contributed by atoms with Gasteiger partial charge in [-0.25, -0.2) is 4.79 Å². The molecule has 2 N–H and O–H groups in total. The first kappa shape index (κ1) is 15.6. The Morgan fingerprint density at radius 2 is 1.81 bits per heavy atom. The topological polar surface area (TPSA) is 71.2 Å². The number of carbonyl (C=O) groups is 2. The van der Waals surface area contributed by atoms with Gasteiger partial charge >= 0.3 is 5.97 Å². The average Bonchev–Trinajstić information content (AvgIpc) is 3.25. The third-order valence-corrected chi connectivity index (χ3v) is 5.03. The molecule has 0 unspecified atom stereocenters. The van der Waals surface area contributed by atoms with E-state index in [-0.39, 0.29) is 11.9 Å². The van der Waals surface area contributed by atoms with Crippen LogP contribution in [-0.4, -0.2) is 23.5 Å². The number of anilines is 1. The lowest BCUT2D eigenvalue weighted by molar-refractivity contribution is -0.110. The number of carbonyl (C=O) groups excluding carboxylic acids is 2. The van der Waals surface area contributed by atoms with Crippen LogP contribution in [0.1, 0.15) is 27.2 Å². The molecule has 27 heavy (non-hydrogen) atoms. The Balaban J connectivity index is 1.60. The largest absolute Gasteiger partial charge is 0.462 e. The molecule has 2 aliphatic heterocycles. The molecule has 5 heteroatoms. The normalized spacial score (nSPS) is 16.7. The highest BCUT2D eigenvalue weighted by atomic mass is 16.5. The fourth-order valence-electron chi connectivity index (χ4n) is 3.66. The first-order valence-corrected chi connectivity index (χ1v) is 8.81. The van der Waals surface area contributed by atoms with E-state index in [2.05, 4.69) is 10.3 Å². The highest BCUT2D eigenvalue weighted by Gasteiger charge is 2.27. The van der Waals surface area contributed by atoms with Crippen LogP contribution in [0.4, 0.5) is 5.69 Å². The molecule has 132 valence electrons. The van der Waals surface area contributed by atoms with Gasteiger partial charge < -0.3 is 15.0 Å². The van der Waals surface area contributed by atoms with Crippen LogP contribution in [0.5, 0.6) is 0 Å². The van der Waals surface area contributed by atoms with Crippen molar-refractivity contribution in [2.75, 3.05) is 11.9 Å². The van der Waals surface area contributed by atoms with Gasteiger partial charge in [-0.2, -0.15) is 0 Å². The van der Waals surface area contributed by atoms with Crippen LogP contribution in [-0.2, 0) is 16.0 Å². The Labute approximate surface area is 155 Å². The lowest BCUT2D eigenvalue weighted by atomic mass is 9.98. The van der Waals surface area contributed by atoms with Gasteiger partial charge in [-0.1, -0.05) is 36.4 Å². The molecule has 1 aromatic heterocycles. The summed E-state index contributed by atoms with van der Waals surface area (Å²) in [7, 11) is 0. The Hall–Kier alpha value is -3.60. The van der Waals surface area contributed by atoms with E-state index < -0.39 is 0 Å². The lowest BCUT2D eigenvalue weighted by Gasteiger charge is -2.12. The molecule has 5 nitrogen and oxygen atoms in total. The summed E-state index contributed by atoms with van der Waals surface area (Å²) >= 11 is 0. The maximum absolute atomic E-state index is 12.6. The van der Waals surface area contributed by atoms with Crippen molar-refractivity contribution in [2.24, 2.45) is 0 Å². The van der Waals surface area contributed by atoms with E-state index in [0.29, 0.717) is 24.2 Å². The van der Waals surface area contributed by atoms with Crippen molar-refractivity contribution >= 4 is 29.2 Å². The van der Waals surface area contributed by atoms with Crippen LogP contribution in [0.2, 0.25) is 0 Å². The molecule has 0 fully saturated rings. The van der Waals surface area contributed by atoms with Crippen molar-refractivity contribution in [3.63, 3.8) is 0 Å². The molecule has 0 aliphatic carbocycles. The summed E-state index contributed by atoms with van der Waals surface area (Å²) in [6.07, 6.45) is 4.12. The molecule has 0 atom stereocenters. The summed E-state index contributed by atoms with van der Waals surface area (Å²) < 4.78 is 5.07. The number of H-pyrrole nitrogens is 1. The highest BCUT2D eigenvalue weighted by molar-refractivity contribution is 6.35. The summed E-state index contributed by atoms with van der Waals surface area (Å²) in [6, 6.07) is 16.0. The number of hydrogen-bond acceptors (Lipinski definition) is 3. The number of aromatic nitrogens is 1. The van der Waals surface area contributed by atoms with Gasteiger partial charge in [0, 0.05) is 29.6 Å². The second kappa shape index (κ2) is 5.99. The van der Waals surface area contributed by atoms with Gasteiger partial charge in [0.15, 0.2) is 0 Å². The van der Waals surface area contributed by atoms with E-state index in [1.165, 1.54) is 0 Å². The smallest absolute Gasteiger partial charge is 0.339 e. The molecule has 0 radical (unpaired) electrons. The van der Waals surface area contributed by atoms with Crippen LogP contribution in [0, 0.1) is 0 Å². The third kappa shape index (κ3) is 2.56. The van der Waals surface area contributed by atoms with Crippen LogP contribution in [0.25, 0.3) is 22.8 Å². The Morgan fingerprint density at radius 1 is 0.963 bits per heavy atom. The van der Waals surface area contributed by atoms with Crippen LogP contribution >= 0.6 is 0 Å². The number of fused-ring (bicyclic) bond motifs is 2. The van der Waals surface area contributed by atoms with Gasteiger partial charge in [-0.3, -0.25) is 4.79 Å². The lowest BCUT2D eigenvalue weighted by Crippen LogP contribution is -2.16. The SMILES string of the molecule is O=C1Nc2ccc(-c3ccccc3)cc2/C1=C/c1[nH]cc2c1CCOC2=O. The fraction of sp³-hybridized carbons (Fsp3) is 0.0909. The van der Waals surface area contributed by atoms with E-state index in [9.17, 15) is 9.59 Å². The molecule has 5 rings (SSSR count). The van der Waals surface area contributed by atoms with Crippen molar-refractivity contribution in [2.45, 2.75) is 6.42 Å². The summed E-state index contributed by atoms with van der Waals surface area (Å²) in [4.78, 5) is 27.5. The van der Waals surface area contributed by atoms with Crippen molar-refractivity contribution in [3.05, 3.63) is 77.1 Å². The van der Waals surface area contributed by atoms with Gasteiger partial charge in [-0.15, -0.1) is 0 Å². The molecule has 2 aliphatic rings. The Bertz CT molecular complexity index is 1110. The monoisotopic (exact) mass is 356 g/mol. The Kier molecular flexibility index (Phi) is 3.47. The predicted molar refractivity (Wildman–Crippen MR) is 103 cm³/mol. The summed E-state index contributed by atoms with van der Waals surface area (Å²) in [6.45, 7) is 0.362. The zero-order valence-electron chi connectivity index (χ0n) is 14.4. The van der Waals surface area contributed by atoms with Gasteiger partial charge in [-0.05, 0) is 34.9 Å². The number of amides is 1. The number of benzene rings is 2. The minimum absolute atomic E-state index is 0.142. The molecule has 2 aromatic carbocycles. The maximum Gasteiger partial charge on any atom is 0.339 e. The number of nitrogens with one attached hydrogen (secondary N) is 2. The molecule has 0 saturated heterocycles. The minimum Gasteiger partial charge on any atom is -0.462 e. The third-order valence-electron chi connectivity index (χ3n) is 5.03. The molecule has 0 spiro atoms. The summed E-state index contributed by atoms with van der Waals surface area (Å²) in [5, 5.41) is 2.91. The zero-order valence-corrected chi connectivity index (χ0v) is 14.4. The summed E-state index contributed by atoms with van der Waals surface area (Å²) in [5.74, 6) is -0.461. The van der Waals surface area contributed by atoms with Crippen molar-refractivity contribution in [3.8, 4) is 11.1 Å². The van der Waals surface area contributed by atoms with Gasteiger partial charge in [0.2, 0.25) is 0 Å². The number of hydrogen-bond donors (Lipinski definition) is 2.